The van der Waals surface area contributed by atoms with Crippen molar-refractivity contribution in [3.63, 3.8) is 0 Å². The van der Waals surface area contributed by atoms with Gasteiger partial charge in [-0.3, -0.25) is 14.9 Å². The highest BCUT2D eigenvalue weighted by Gasteiger charge is 2.21. The van der Waals surface area contributed by atoms with Crippen molar-refractivity contribution < 1.29 is 14.1 Å². The quantitative estimate of drug-likeness (QED) is 0.673. The lowest BCUT2D eigenvalue weighted by Gasteiger charge is -2.23. The number of halogens is 2. The van der Waals surface area contributed by atoms with Crippen molar-refractivity contribution in [2.75, 3.05) is 13.6 Å². The van der Waals surface area contributed by atoms with Gasteiger partial charge in [0.15, 0.2) is 0 Å². The van der Waals surface area contributed by atoms with E-state index >= 15 is 0 Å². The van der Waals surface area contributed by atoms with Crippen LogP contribution in [-0.2, 0) is 0 Å². The van der Waals surface area contributed by atoms with E-state index in [1.54, 1.807) is 6.92 Å². The van der Waals surface area contributed by atoms with E-state index in [1.807, 2.05) is 0 Å². The van der Waals surface area contributed by atoms with Crippen molar-refractivity contribution in [3.8, 4) is 0 Å². The number of non-ortho nitro benzene ring substituents is 1. The normalized spacial score (nSPS) is 11.4. The highest BCUT2D eigenvalue weighted by molar-refractivity contribution is 5.94. The van der Waals surface area contributed by atoms with Gasteiger partial charge in [-0.2, -0.15) is 0 Å². The highest BCUT2D eigenvalue weighted by Crippen LogP contribution is 2.18. The topological polar surface area (TPSA) is 89.5 Å². The van der Waals surface area contributed by atoms with E-state index in [9.17, 15) is 19.3 Å². The lowest BCUT2D eigenvalue weighted by atomic mass is 10.1. The van der Waals surface area contributed by atoms with Gasteiger partial charge < -0.3 is 10.6 Å². The Labute approximate surface area is 115 Å². The minimum atomic E-state index is -0.912. The summed E-state index contributed by atoms with van der Waals surface area (Å²) in [5.74, 6) is -1.47. The molecule has 106 valence electrons. The second-order valence-electron chi connectivity index (χ2n) is 3.92. The minimum Gasteiger partial charge on any atom is -0.338 e. The second-order valence-corrected chi connectivity index (χ2v) is 3.92. The van der Waals surface area contributed by atoms with Crippen molar-refractivity contribution in [1.82, 2.24) is 4.90 Å². The van der Waals surface area contributed by atoms with Crippen LogP contribution in [-0.4, -0.2) is 35.4 Å². The molecule has 8 heteroatoms. The summed E-state index contributed by atoms with van der Waals surface area (Å²) in [5.41, 5.74) is 4.82. The molecule has 0 aliphatic heterocycles. The van der Waals surface area contributed by atoms with Crippen molar-refractivity contribution in [1.29, 1.82) is 0 Å². The summed E-state index contributed by atoms with van der Waals surface area (Å²) in [4.78, 5) is 22.9. The summed E-state index contributed by atoms with van der Waals surface area (Å²) in [6.45, 7) is 1.97. The van der Waals surface area contributed by atoms with Crippen molar-refractivity contribution in [2.24, 2.45) is 5.73 Å². The first-order chi connectivity index (χ1) is 8.38. The maximum absolute atomic E-state index is 13.6. The zero-order chi connectivity index (χ0) is 13.9. The molecule has 0 fully saturated rings. The van der Waals surface area contributed by atoms with E-state index in [2.05, 4.69) is 0 Å². The molecule has 1 aromatic rings. The lowest BCUT2D eigenvalue weighted by molar-refractivity contribution is -0.385. The van der Waals surface area contributed by atoms with Gasteiger partial charge >= 0.3 is 0 Å². The van der Waals surface area contributed by atoms with Crippen molar-refractivity contribution in [3.05, 3.63) is 39.7 Å². The highest BCUT2D eigenvalue weighted by atomic mass is 35.5. The maximum atomic E-state index is 13.6. The van der Waals surface area contributed by atoms with Crippen molar-refractivity contribution >= 4 is 24.0 Å². The first-order valence-electron chi connectivity index (χ1n) is 5.29. The van der Waals surface area contributed by atoms with Crippen LogP contribution in [0.5, 0.6) is 0 Å². The van der Waals surface area contributed by atoms with Crippen LogP contribution in [0.25, 0.3) is 0 Å². The summed E-state index contributed by atoms with van der Waals surface area (Å²) in [5, 5.41) is 10.4. The molecule has 1 amide bonds. The van der Waals surface area contributed by atoms with E-state index in [0.717, 1.165) is 18.2 Å². The van der Waals surface area contributed by atoms with Gasteiger partial charge in [-0.25, -0.2) is 4.39 Å². The third-order valence-corrected chi connectivity index (χ3v) is 2.72. The number of likely N-dealkylation sites (N-methyl/N-ethyl adjacent to an activating group) is 1. The van der Waals surface area contributed by atoms with Gasteiger partial charge in [0.2, 0.25) is 0 Å². The number of nitrogens with zero attached hydrogens (tertiary/aromatic N) is 2. The fourth-order valence-electron chi connectivity index (χ4n) is 1.34. The molecular formula is C11H15ClFN3O3. The maximum Gasteiger partial charge on any atom is 0.272 e. The van der Waals surface area contributed by atoms with E-state index in [-0.39, 0.29) is 30.6 Å². The number of nitro groups is 1. The van der Waals surface area contributed by atoms with Crippen molar-refractivity contribution in [2.45, 2.75) is 13.0 Å². The summed E-state index contributed by atoms with van der Waals surface area (Å²) in [6.07, 6.45) is 0. The Morgan fingerprint density at radius 3 is 2.58 bits per heavy atom. The standard InChI is InChI=1S/C11H14FN3O3.ClH/c1-7(6-13)14(2)11(16)9-4-3-8(15(17)18)5-10(9)12;/h3-5,7H,6,13H2,1-2H3;1H. The number of hydrogen-bond donors (Lipinski definition) is 1. The molecule has 0 bridgehead atoms. The van der Waals surface area contributed by atoms with Crippen LogP contribution in [0, 0.1) is 15.9 Å². The van der Waals surface area contributed by atoms with Crippen LogP contribution >= 0.6 is 12.4 Å². The molecule has 6 nitrogen and oxygen atoms in total. The monoisotopic (exact) mass is 291 g/mol. The fraction of sp³-hybridized carbons (Fsp3) is 0.364. The van der Waals surface area contributed by atoms with Crippen LogP contribution in [0.2, 0.25) is 0 Å². The van der Waals surface area contributed by atoms with Gasteiger partial charge in [-0.1, -0.05) is 0 Å². The van der Waals surface area contributed by atoms with Crippen LogP contribution < -0.4 is 5.73 Å². The van der Waals surface area contributed by atoms with Gasteiger partial charge in [0, 0.05) is 25.7 Å². The van der Waals surface area contributed by atoms with E-state index in [1.165, 1.54) is 11.9 Å². The van der Waals surface area contributed by atoms with Gasteiger partial charge in [-0.15, -0.1) is 12.4 Å². The van der Waals surface area contributed by atoms with Crippen LogP contribution in [0.4, 0.5) is 10.1 Å². The Morgan fingerprint density at radius 1 is 1.58 bits per heavy atom. The summed E-state index contributed by atoms with van der Waals surface area (Å²) >= 11 is 0. The first-order valence-corrected chi connectivity index (χ1v) is 5.29. The predicted octanol–water partition coefficient (Wildman–Crippen LogP) is 1.57. The zero-order valence-corrected chi connectivity index (χ0v) is 11.3. The van der Waals surface area contributed by atoms with Gasteiger partial charge in [0.25, 0.3) is 11.6 Å². The van der Waals surface area contributed by atoms with E-state index < -0.39 is 22.3 Å². The summed E-state index contributed by atoms with van der Waals surface area (Å²) in [7, 11) is 1.50. The predicted molar refractivity (Wildman–Crippen MR) is 70.9 cm³/mol. The zero-order valence-electron chi connectivity index (χ0n) is 10.5. The average molecular weight is 292 g/mol. The number of amides is 1. The number of carbonyl (C=O) groups is 1. The molecule has 2 N–H and O–H groups in total. The molecule has 1 aromatic carbocycles. The van der Waals surface area contributed by atoms with Gasteiger partial charge in [0.1, 0.15) is 5.82 Å². The number of carbonyl (C=O) groups excluding carboxylic acids is 1. The average Bonchev–Trinajstić information content (AvgIpc) is 2.35. The third kappa shape index (κ3) is 3.87. The molecule has 0 heterocycles. The Hall–Kier alpha value is -1.73. The molecule has 0 aliphatic rings. The molecule has 0 spiro atoms. The molecule has 0 aliphatic carbocycles. The van der Waals surface area contributed by atoms with E-state index in [4.69, 9.17) is 5.73 Å². The van der Waals surface area contributed by atoms with Crippen LogP contribution in [0.3, 0.4) is 0 Å². The van der Waals surface area contributed by atoms with E-state index in [0.29, 0.717) is 0 Å². The van der Waals surface area contributed by atoms with Gasteiger partial charge in [0.05, 0.1) is 16.6 Å². The smallest absolute Gasteiger partial charge is 0.272 e. The Kier molecular flexibility index (Phi) is 6.37. The number of hydrogen-bond acceptors (Lipinski definition) is 4. The molecule has 1 rings (SSSR count). The minimum absolute atomic E-state index is 0. The molecular weight excluding hydrogens is 277 g/mol. The molecule has 0 aromatic heterocycles. The number of benzene rings is 1. The number of nitro benzene ring substituents is 1. The Bertz CT molecular complexity index is 484. The number of nitrogens with two attached hydrogens (primary N) is 1. The molecule has 1 atom stereocenters. The number of rotatable bonds is 4. The summed E-state index contributed by atoms with van der Waals surface area (Å²) in [6, 6.07) is 2.69. The SMILES string of the molecule is CC(CN)N(C)C(=O)c1ccc([N+](=O)[O-])cc1F.Cl. The van der Waals surface area contributed by atoms with Crippen LogP contribution in [0.1, 0.15) is 17.3 Å². The fourth-order valence-corrected chi connectivity index (χ4v) is 1.34. The molecule has 0 saturated heterocycles. The summed E-state index contributed by atoms with van der Waals surface area (Å²) < 4.78 is 13.6. The van der Waals surface area contributed by atoms with Gasteiger partial charge in [-0.05, 0) is 13.0 Å². The molecule has 1 unspecified atom stereocenters. The first kappa shape index (κ1) is 17.3. The third-order valence-electron chi connectivity index (χ3n) is 2.72. The Balaban J connectivity index is 0.00000324. The lowest BCUT2D eigenvalue weighted by Crippen LogP contribution is -2.40. The Morgan fingerprint density at radius 2 is 2.16 bits per heavy atom. The van der Waals surface area contributed by atoms with Crippen LogP contribution in [0.15, 0.2) is 18.2 Å². The molecule has 19 heavy (non-hydrogen) atoms. The largest absolute Gasteiger partial charge is 0.338 e. The molecule has 0 saturated carbocycles. The second kappa shape index (κ2) is 7.01. The molecule has 0 radical (unpaired) electrons.